The van der Waals surface area contributed by atoms with E-state index >= 15 is 0 Å². The van der Waals surface area contributed by atoms with Gasteiger partial charge in [0.25, 0.3) is 0 Å². The molecule has 1 aliphatic rings. The summed E-state index contributed by atoms with van der Waals surface area (Å²) in [5.41, 5.74) is 1.03. The minimum absolute atomic E-state index is 0.197. The molecule has 0 saturated carbocycles. The molecular weight excluding hydrogens is 243 g/mol. The molecule has 1 saturated heterocycles. The van der Waals surface area contributed by atoms with Crippen molar-refractivity contribution in [2.24, 2.45) is 0 Å². The van der Waals surface area contributed by atoms with Gasteiger partial charge in [0.05, 0.1) is 6.61 Å². The molecule has 1 aliphatic heterocycles. The van der Waals surface area contributed by atoms with Gasteiger partial charge in [-0.2, -0.15) is 0 Å². The summed E-state index contributed by atoms with van der Waals surface area (Å²) in [5, 5.41) is 8.88. The van der Waals surface area contributed by atoms with Crippen molar-refractivity contribution in [2.75, 3.05) is 45.9 Å². The van der Waals surface area contributed by atoms with E-state index in [1.165, 1.54) is 12.1 Å². The van der Waals surface area contributed by atoms with Crippen LogP contribution in [0.3, 0.4) is 0 Å². The predicted octanol–water partition coefficient (Wildman–Crippen LogP) is 1.45. The quantitative estimate of drug-likeness (QED) is 0.872. The topological polar surface area (TPSA) is 26.7 Å². The van der Waals surface area contributed by atoms with Gasteiger partial charge in [-0.1, -0.05) is 24.3 Å². The SMILES string of the molecule is OCCN1CCN(C/C=C/c2ccc(F)cc2)CC1. The second kappa shape index (κ2) is 7.38. The van der Waals surface area contributed by atoms with Crippen molar-refractivity contribution in [2.45, 2.75) is 0 Å². The second-order valence-electron chi connectivity index (χ2n) is 4.82. The molecule has 0 bridgehead atoms. The molecule has 3 nitrogen and oxygen atoms in total. The van der Waals surface area contributed by atoms with Crippen LogP contribution in [0.4, 0.5) is 4.39 Å². The molecule has 1 heterocycles. The fraction of sp³-hybridized carbons (Fsp3) is 0.467. The number of hydrogen-bond acceptors (Lipinski definition) is 3. The highest BCUT2D eigenvalue weighted by molar-refractivity contribution is 5.48. The van der Waals surface area contributed by atoms with Gasteiger partial charge in [0.15, 0.2) is 0 Å². The molecule has 0 radical (unpaired) electrons. The van der Waals surface area contributed by atoms with E-state index in [9.17, 15) is 4.39 Å². The number of β-amino-alcohol motifs (C(OH)–C–C–N with tert-alkyl or cyclic N) is 1. The molecule has 0 amide bonds. The second-order valence-corrected chi connectivity index (χ2v) is 4.82. The third-order valence-electron chi connectivity index (χ3n) is 3.43. The summed E-state index contributed by atoms with van der Waals surface area (Å²) >= 11 is 0. The Kier molecular flexibility index (Phi) is 5.51. The summed E-state index contributed by atoms with van der Waals surface area (Å²) in [5.74, 6) is -0.197. The zero-order valence-corrected chi connectivity index (χ0v) is 11.1. The third kappa shape index (κ3) is 4.74. The monoisotopic (exact) mass is 264 g/mol. The molecule has 1 aromatic carbocycles. The van der Waals surface area contributed by atoms with Gasteiger partial charge in [0.1, 0.15) is 5.82 Å². The summed E-state index contributed by atoms with van der Waals surface area (Å²) in [7, 11) is 0. The summed E-state index contributed by atoms with van der Waals surface area (Å²) in [6, 6.07) is 6.52. The van der Waals surface area contributed by atoms with Crippen molar-refractivity contribution < 1.29 is 9.50 Å². The minimum Gasteiger partial charge on any atom is -0.395 e. The van der Waals surface area contributed by atoms with Crippen molar-refractivity contribution >= 4 is 6.08 Å². The fourth-order valence-corrected chi connectivity index (χ4v) is 2.25. The van der Waals surface area contributed by atoms with Gasteiger partial charge in [0, 0.05) is 39.3 Å². The van der Waals surface area contributed by atoms with Crippen LogP contribution < -0.4 is 0 Å². The Morgan fingerprint density at radius 1 is 1.05 bits per heavy atom. The number of aliphatic hydroxyl groups excluding tert-OH is 1. The Balaban J connectivity index is 1.73. The number of rotatable bonds is 5. The Bertz CT molecular complexity index is 397. The van der Waals surface area contributed by atoms with Crippen LogP contribution in [0.25, 0.3) is 6.08 Å². The van der Waals surface area contributed by atoms with E-state index in [4.69, 9.17) is 5.11 Å². The zero-order chi connectivity index (χ0) is 13.5. The largest absolute Gasteiger partial charge is 0.395 e. The number of nitrogens with zero attached hydrogens (tertiary/aromatic N) is 2. The van der Waals surface area contributed by atoms with Crippen molar-refractivity contribution in [3.05, 3.63) is 41.7 Å². The smallest absolute Gasteiger partial charge is 0.123 e. The van der Waals surface area contributed by atoms with Crippen LogP contribution in [0, 0.1) is 5.82 Å². The number of aliphatic hydroxyl groups is 1. The van der Waals surface area contributed by atoms with Gasteiger partial charge in [0.2, 0.25) is 0 Å². The molecule has 1 aromatic rings. The summed E-state index contributed by atoms with van der Waals surface area (Å²) < 4.78 is 12.7. The molecule has 4 heteroatoms. The fourth-order valence-electron chi connectivity index (χ4n) is 2.25. The summed E-state index contributed by atoms with van der Waals surface area (Å²) in [4.78, 5) is 4.66. The Hall–Kier alpha value is -1.23. The van der Waals surface area contributed by atoms with Crippen LogP contribution in [0.2, 0.25) is 0 Å². The van der Waals surface area contributed by atoms with E-state index < -0.39 is 0 Å². The summed E-state index contributed by atoms with van der Waals surface area (Å²) in [6.45, 7) is 6.05. The number of halogens is 1. The van der Waals surface area contributed by atoms with E-state index in [0.29, 0.717) is 0 Å². The average molecular weight is 264 g/mol. The molecule has 1 N–H and O–H groups in total. The maximum Gasteiger partial charge on any atom is 0.123 e. The predicted molar refractivity (Wildman–Crippen MR) is 75.4 cm³/mol. The van der Waals surface area contributed by atoms with Crippen LogP contribution in [-0.2, 0) is 0 Å². The van der Waals surface area contributed by atoms with Gasteiger partial charge in [-0.3, -0.25) is 9.80 Å². The molecule has 104 valence electrons. The van der Waals surface area contributed by atoms with Gasteiger partial charge in [-0.15, -0.1) is 0 Å². The molecule has 0 unspecified atom stereocenters. The van der Waals surface area contributed by atoms with Gasteiger partial charge >= 0.3 is 0 Å². The molecule has 0 aliphatic carbocycles. The lowest BCUT2D eigenvalue weighted by atomic mass is 10.2. The molecule has 2 rings (SSSR count). The van der Waals surface area contributed by atoms with E-state index in [-0.39, 0.29) is 12.4 Å². The van der Waals surface area contributed by atoms with E-state index in [0.717, 1.165) is 44.8 Å². The average Bonchev–Trinajstić information content (AvgIpc) is 2.43. The van der Waals surface area contributed by atoms with Crippen LogP contribution >= 0.6 is 0 Å². The first kappa shape index (κ1) is 14.2. The lowest BCUT2D eigenvalue weighted by Gasteiger charge is -2.33. The third-order valence-corrected chi connectivity index (χ3v) is 3.43. The first-order valence-corrected chi connectivity index (χ1v) is 6.75. The number of hydrogen-bond donors (Lipinski definition) is 1. The standard InChI is InChI=1S/C15H21FN2O/c16-15-5-3-14(4-6-15)2-1-7-17-8-10-18(11-9-17)12-13-19/h1-6,19H,7-13H2/b2-1+. The van der Waals surface area contributed by atoms with Crippen molar-refractivity contribution in [1.29, 1.82) is 0 Å². The number of piperazine rings is 1. The van der Waals surface area contributed by atoms with Crippen LogP contribution in [-0.4, -0.2) is 60.8 Å². The highest BCUT2D eigenvalue weighted by Crippen LogP contribution is 2.06. The van der Waals surface area contributed by atoms with Crippen molar-refractivity contribution in [1.82, 2.24) is 9.80 Å². The van der Waals surface area contributed by atoms with Gasteiger partial charge in [-0.05, 0) is 17.7 Å². The normalized spacial score (nSPS) is 18.2. The molecule has 19 heavy (non-hydrogen) atoms. The lowest BCUT2D eigenvalue weighted by molar-refractivity contribution is 0.120. The Morgan fingerprint density at radius 2 is 1.68 bits per heavy atom. The highest BCUT2D eigenvalue weighted by atomic mass is 19.1. The van der Waals surface area contributed by atoms with E-state index in [2.05, 4.69) is 15.9 Å². The molecule has 0 spiro atoms. The van der Waals surface area contributed by atoms with Crippen molar-refractivity contribution in [3.8, 4) is 0 Å². The van der Waals surface area contributed by atoms with Crippen molar-refractivity contribution in [3.63, 3.8) is 0 Å². The minimum atomic E-state index is -0.197. The number of benzene rings is 1. The highest BCUT2D eigenvalue weighted by Gasteiger charge is 2.14. The molecule has 1 fully saturated rings. The maximum absolute atomic E-state index is 12.7. The van der Waals surface area contributed by atoms with Gasteiger partial charge in [-0.25, -0.2) is 4.39 Å². The van der Waals surface area contributed by atoms with E-state index in [1.54, 1.807) is 12.1 Å². The first-order valence-electron chi connectivity index (χ1n) is 6.75. The lowest BCUT2D eigenvalue weighted by Crippen LogP contribution is -2.47. The molecule has 0 aromatic heterocycles. The van der Waals surface area contributed by atoms with E-state index in [1.807, 2.05) is 6.08 Å². The van der Waals surface area contributed by atoms with Gasteiger partial charge < -0.3 is 5.11 Å². The zero-order valence-electron chi connectivity index (χ0n) is 11.1. The Labute approximate surface area is 113 Å². The van der Waals surface area contributed by atoms with Crippen LogP contribution in [0.1, 0.15) is 5.56 Å². The maximum atomic E-state index is 12.7. The molecular formula is C15H21FN2O. The summed E-state index contributed by atoms with van der Waals surface area (Å²) in [6.07, 6.45) is 4.15. The molecule has 0 atom stereocenters. The Morgan fingerprint density at radius 3 is 2.32 bits per heavy atom. The first-order chi connectivity index (χ1) is 9.28. The van der Waals surface area contributed by atoms with Crippen LogP contribution in [0.15, 0.2) is 30.3 Å². The van der Waals surface area contributed by atoms with Crippen LogP contribution in [0.5, 0.6) is 0 Å².